The molecule has 0 spiro atoms. The van der Waals surface area contributed by atoms with E-state index in [1.807, 2.05) is 6.08 Å². The van der Waals surface area contributed by atoms with Crippen molar-refractivity contribution >= 4 is 5.91 Å². The van der Waals surface area contributed by atoms with Gasteiger partial charge in [0.05, 0.1) is 38.6 Å². The second kappa shape index (κ2) is 44.3. The van der Waals surface area contributed by atoms with Gasteiger partial charge in [0.25, 0.3) is 0 Å². The molecule has 17 atom stereocenters. The Morgan fingerprint density at radius 1 is 0.438 bits per heavy atom. The van der Waals surface area contributed by atoms with Gasteiger partial charge in [0.1, 0.15) is 73.2 Å². The number of amides is 1. The topological polar surface area (TPSA) is 307 Å². The smallest absolute Gasteiger partial charge is 0.220 e. The third-order valence-corrected chi connectivity index (χ3v) is 15.3. The largest absolute Gasteiger partial charge is 0.394 e. The Bertz CT molecular complexity index is 1650. The molecule has 12 N–H and O–H groups in total. The van der Waals surface area contributed by atoms with Crippen LogP contribution in [-0.4, -0.2) is 193 Å². The lowest BCUT2D eigenvalue weighted by Gasteiger charge is -2.48. The van der Waals surface area contributed by atoms with Crippen molar-refractivity contribution in [1.82, 2.24) is 5.32 Å². The Labute approximate surface area is 478 Å². The number of aliphatic hydroxyl groups is 11. The summed E-state index contributed by atoms with van der Waals surface area (Å²) in [5, 5.41) is 120. The summed E-state index contributed by atoms with van der Waals surface area (Å²) >= 11 is 0. The van der Waals surface area contributed by atoms with Crippen LogP contribution in [0.5, 0.6) is 0 Å². The predicted octanol–water partition coefficient (Wildman–Crippen LogP) is 5.87. The molecule has 0 aromatic carbocycles. The van der Waals surface area contributed by atoms with E-state index in [4.69, 9.17) is 28.4 Å². The van der Waals surface area contributed by atoms with Gasteiger partial charge in [-0.05, 0) is 70.6 Å². The average Bonchev–Trinajstić information content (AvgIpc) is 3.50. The van der Waals surface area contributed by atoms with Crippen LogP contribution in [0.3, 0.4) is 0 Å². The van der Waals surface area contributed by atoms with E-state index in [9.17, 15) is 61.0 Å². The zero-order valence-electron chi connectivity index (χ0n) is 48.5. The van der Waals surface area contributed by atoms with Crippen molar-refractivity contribution in [3.8, 4) is 0 Å². The normalized spacial score (nSPS) is 30.3. The molecule has 80 heavy (non-hydrogen) atoms. The molecule has 0 aliphatic carbocycles. The average molecular weight is 1140 g/mol. The lowest BCUT2D eigenvalue weighted by molar-refractivity contribution is -0.379. The first kappa shape index (κ1) is 72.0. The summed E-state index contributed by atoms with van der Waals surface area (Å²) in [5.74, 6) is -0.293. The van der Waals surface area contributed by atoms with Gasteiger partial charge in [-0.3, -0.25) is 4.79 Å². The number of hydrogen-bond acceptors (Lipinski definition) is 18. The van der Waals surface area contributed by atoms with Gasteiger partial charge in [-0.1, -0.05) is 172 Å². The Hall–Kier alpha value is -2.25. The van der Waals surface area contributed by atoms with Crippen LogP contribution in [0.15, 0.2) is 48.6 Å². The molecule has 3 heterocycles. The van der Waals surface area contributed by atoms with Gasteiger partial charge in [-0.15, -0.1) is 0 Å². The molecule has 0 aromatic heterocycles. The number of ether oxygens (including phenoxy) is 6. The van der Waals surface area contributed by atoms with Gasteiger partial charge in [-0.2, -0.15) is 0 Å². The van der Waals surface area contributed by atoms with Crippen molar-refractivity contribution in [2.24, 2.45) is 0 Å². The van der Waals surface area contributed by atoms with Gasteiger partial charge >= 0.3 is 0 Å². The van der Waals surface area contributed by atoms with Gasteiger partial charge in [-0.25, -0.2) is 0 Å². The van der Waals surface area contributed by atoms with Crippen molar-refractivity contribution in [2.45, 2.75) is 304 Å². The van der Waals surface area contributed by atoms with Gasteiger partial charge < -0.3 is 89.9 Å². The van der Waals surface area contributed by atoms with Crippen LogP contribution in [0.4, 0.5) is 0 Å². The zero-order chi connectivity index (χ0) is 58.3. The van der Waals surface area contributed by atoms with Gasteiger partial charge in [0.15, 0.2) is 18.9 Å². The molecule has 17 unspecified atom stereocenters. The van der Waals surface area contributed by atoms with E-state index in [2.05, 4.69) is 55.6 Å². The molecule has 0 saturated carbocycles. The second-order valence-corrected chi connectivity index (χ2v) is 22.1. The lowest BCUT2D eigenvalue weighted by Crippen LogP contribution is -2.66. The number of carbonyl (C=O) groups excluding carboxylic acids is 1. The van der Waals surface area contributed by atoms with Crippen LogP contribution in [0, 0.1) is 0 Å². The van der Waals surface area contributed by atoms with E-state index in [1.165, 1.54) is 109 Å². The fraction of sp³-hybridized carbons (Fsp3) is 0.852. The SMILES string of the molecule is CCCCCCCC/C=C\CCCCCCCCCCCC(=O)NC(COC1OC(CO)C(OC2OC(CO)C(OC3OC(CO)C(O)C(O)C3O)C(O)C2O)C(O)C1O)C(O)/C=C/CC/C=C/CC/C=C/CCCCCCCC. The molecule has 0 aromatic rings. The minimum atomic E-state index is -1.98. The number of hydrogen-bond donors (Lipinski definition) is 12. The van der Waals surface area contributed by atoms with Crippen molar-refractivity contribution in [3.63, 3.8) is 0 Å². The first-order valence-electron chi connectivity index (χ1n) is 30.9. The van der Waals surface area contributed by atoms with E-state index in [0.717, 1.165) is 57.8 Å². The summed E-state index contributed by atoms with van der Waals surface area (Å²) in [6.07, 6.45) is 22.3. The van der Waals surface area contributed by atoms with Crippen LogP contribution in [-0.2, 0) is 33.2 Å². The number of allylic oxidation sites excluding steroid dienone is 7. The summed E-state index contributed by atoms with van der Waals surface area (Å²) < 4.78 is 34.2. The van der Waals surface area contributed by atoms with Crippen LogP contribution in [0.2, 0.25) is 0 Å². The second-order valence-electron chi connectivity index (χ2n) is 22.1. The zero-order valence-corrected chi connectivity index (χ0v) is 48.5. The Morgan fingerprint density at radius 3 is 1.25 bits per heavy atom. The van der Waals surface area contributed by atoms with E-state index in [1.54, 1.807) is 6.08 Å². The summed E-state index contributed by atoms with van der Waals surface area (Å²) in [4.78, 5) is 13.3. The fourth-order valence-corrected chi connectivity index (χ4v) is 10.2. The van der Waals surface area contributed by atoms with Gasteiger partial charge in [0, 0.05) is 6.42 Å². The van der Waals surface area contributed by atoms with Crippen molar-refractivity contribution in [1.29, 1.82) is 0 Å². The maximum atomic E-state index is 13.3. The van der Waals surface area contributed by atoms with Crippen LogP contribution < -0.4 is 5.32 Å². The molecule has 0 bridgehead atoms. The number of carbonyl (C=O) groups is 1. The van der Waals surface area contributed by atoms with Crippen LogP contribution in [0.25, 0.3) is 0 Å². The molecule has 3 aliphatic rings. The van der Waals surface area contributed by atoms with E-state index >= 15 is 0 Å². The molecule has 3 saturated heterocycles. The minimum absolute atomic E-state index is 0.229. The monoisotopic (exact) mass is 1140 g/mol. The molecule has 466 valence electrons. The van der Waals surface area contributed by atoms with Crippen LogP contribution >= 0.6 is 0 Å². The highest BCUT2D eigenvalue weighted by Crippen LogP contribution is 2.33. The van der Waals surface area contributed by atoms with E-state index < -0.39 is 124 Å². The molecular formula is C61H109NO18. The maximum absolute atomic E-state index is 13.3. The van der Waals surface area contributed by atoms with Crippen molar-refractivity contribution < 1.29 is 89.4 Å². The fourth-order valence-electron chi connectivity index (χ4n) is 10.2. The molecule has 1 amide bonds. The lowest BCUT2D eigenvalue weighted by atomic mass is 9.96. The Kier molecular flexibility index (Phi) is 39.8. The first-order chi connectivity index (χ1) is 38.8. The minimum Gasteiger partial charge on any atom is -0.394 e. The highest BCUT2D eigenvalue weighted by Gasteiger charge is 2.53. The Morgan fingerprint density at radius 2 is 0.800 bits per heavy atom. The predicted molar refractivity (Wildman–Crippen MR) is 305 cm³/mol. The summed E-state index contributed by atoms with van der Waals surface area (Å²) in [6.45, 7) is 1.67. The number of nitrogens with one attached hydrogen (secondary N) is 1. The summed E-state index contributed by atoms with van der Waals surface area (Å²) in [7, 11) is 0. The molecule has 19 nitrogen and oxygen atoms in total. The molecule has 3 rings (SSSR count). The first-order valence-corrected chi connectivity index (χ1v) is 30.9. The van der Waals surface area contributed by atoms with Crippen LogP contribution in [0.1, 0.15) is 200 Å². The third kappa shape index (κ3) is 27.6. The number of unbranched alkanes of at least 4 members (excludes halogenated alkanes) is 23. The Balaban J connectivity index is 1.51. The third-order valence-electron chi connectivity index (χ3n) is 15.3. The van der Waals surface area contributed by atoms with E-state index in [0.29, 0.717) is 12.8 Å². The van der Waals surface area contributed by atoms with E-state index in [-0.39, 0.29) is 18.9 Å². The molecule has 0 radical (unpaired) electrons. The van der Waals surface area contributed by atoms with Crippen molar-refractivity contribution in [2.75, 3.05) is 26.4 Å². The molecule has 19 heteroatoms. The van der Waals surface area contributed by atoms with Gasteiger partial charge in [0.2, 0.25) is 5.91 Å². The summed E-state index contributed by atoms with van der Waals surface area (Å²) in [5.41, 5.74) is 0. The number of rotatable bonds is 45. The van der Waals surface area contributed by atoms with Crippen molar-refractivity contribution in [3.05, 3.63) is 48.6 Å². The highest BCUT2D eigenvalue weighted by molar-refractivity contribution is 5.76. The molecule has 3 aliphatic heterocycles. The highest BCUT2D eigenvalue weighted by atomic mass is 16.8. The summed E-state index contributed by atoms with van der Waals surface area (Å²) in [6, 6.07) is -0.997. The standard InChI is InChI=1S/C61H109NO18/c1-3-5-7-9-11-13-15-17-19-21-22-23-25-27-29-31-33-35-37-39-49(67)62-44(45(66)38-36-34-32-30-28-26-24-20-18-16-14-12-10-8-6-4-2)43-75-59-55(73)52(70)57(47(41-64)77-59)80-61-56(74)53(71)58(48(42-65)78-61)79-60-54(72)51(69)50(68)46(40-63)76-60/h17-20,28,30,36,38,44-48,50-61,63-66,68-74H,3-16,21-27,29,31-35,37,39-43H2,1-2H3,(H,62,67)/b19-17-,20-18+,30-28+,38-36+. The molecular weight excluding hydrogens is 1030 g/mol. The molecule has 3 fully saturated rings. The number of aliphatic hydroxyl groups excluding tert-OH is 11. The quantitative estimate of drug-likeness (QED) is 0.0250. The maximum Gasteiger partial charge on any atom is 0.220 e.